The Morgan fingerprint density at radius 1 is 1.30 bits per heavy atom. The highest BCUT2D eigenvalue weighted by atomic mass is 16.3. The number of aliphatic hydroxyl groups is 2. The summed E-state index contributed by atoms with van der Waals surface area (Å²) >= 11 is 0. The molecule has 0 radical (unpaired) electrons. The maximum atomic E-state index is 9.36. The van der Waals surface area contributed by atoms with Gasteiger partial charge in [-0.3, -0.25) is 9.80 Å². The van der Waals surface area contributed by atoms with Crippen LogP contribution in [0.25, 0.3) is 0 Å². The molecule has 0 saturated carbocycles. The van der Waals surface area contributed by atoms with Crippen LogP contribution in [0.3, 0.4) is 0 Å². The van der Waals surface area contributed by atoms with E-state index in [0.29, 0.717) is 12.6 Å². The number of hydrogen-bond donors (Lipinski definition) is 2. The molecule has 0 aliphatic carbocycles. The first-order chi connectivity index (χ1) is 9.74. The summed E-state index contributed by atoms with van der Waals surface area (Å²) in [5.41, 5.74) is 1.34. The highest BCUT2D eigenvalue weighted by Gasteiger charge is 2.29. The van der Waals surface area contributed by atoms with Crippen LogP contribution in [0.15, 0.2) is 30.3 Å². The predicted octanol–water partition coefficient (Wildman–Crippen LogP) is 0.936. The zero-order valence-corrected chi connectivity index (χ0v) is 12.3. The molecule has 1 aliphatic rings. The smallest absolute Gasteiger partial charge is 0.0584 e. The van der Waals surface area contributed by atoms with Crippen LogP contribution in [-0.4, -0.2) is 64.9 Å². The van der Waals surface area contributed by atoms with Gasteiger partial charge >= 0.3 is 0 Å². The van der Waals surface area contributed by atoms with E-state index in [1.165, 1.54) is 5.56 Å². The van der Waals surface area contributed by atoms with Gasteiger partial charge in [-0.25, -0.2) is 0 Å². The second-order valence-corrected chi connectivity index (χ2v) is 5.66. The summed E-state index contributed by atoms with van der Waals surface area (Å²) in [6.45, 7) is 6.05. The van der Waals surface area contributed by atoms with Crippen LogP contribution >= 0.6 is 0 Å². The molecular weight excluding hydrogens is 252 g/mol. The van der Waals surface area contributed by atoms with Crippen molar-refractivity contribution in [1.29, 1.82) is 0 Å². The Labute approximate surface area is 121 Å². The fourth-order valence-corrected chi connectivity index (χ4v) is 3.05. The molecule has 1 saturated heterocycles. The SMILES string of the molecule is C[C@@H](CO)N(CCO)[C@@H]1CCN(Cc2ccccc2)C1. The molecule has 1 heterocycles. The lowest BCUT2D eigenvalue weighted by atomic mass is 10.1. The molecule has 0 unspecified atom stereocenters. The Bertz CT molecular complexity index is 385. The summed E-state index contributed by atoms with van der Waals surface area (Å²) in [4.78, 5) is 4.69. The van der Waals surface area contributed by atoms with Crippen molar-refractivity contribution in [2.45, 2.75) is 32.0 Å². The number of likely N-dealkylation sites (tertiary alicyclic amines) is 1. The van der Waals surface area contributed by atoms with E-state index in [1.807, 2.05) is 13.0 Å². The number of benzene rings is 1. The second-order valence-electron chi connectivity index (χ2n) is 5.66. The van der Waals surface area contributed by atoms with Gasteiger partial charge in [0.25, 0.3) is 0 Å². The molecule has 1 aliphatic heterocycles. The van der Waals surface area contributed by atoms with Crippen LogP contribution in [0.4, 0.5) is 0 Å². The van der Waals surface area contributed by atoms with Gasteiger partial charge in [0.1, 0.15) is 0 Å². The molecule has 1 aromatic rings. The van der Waals surface area contributed by atoms with Gasteiger partial charge < -0.3 is 10.2 Å². The first kappa shape index (κ1) is 15.4. The van der Waals surface area contributed by atoms with E-state index in [9.17, 15) is 10.2 Å². The summed E-state index contributed by atoms with van der Waals surface area (Å²) in [6.07, 6.45) is 1.11. The highest BCUT2D eigenvalue weighted by molar-refractivity contribution is 5.14. The molecule has 1 aromatic carbocycles. The third kappa shape index (κ3) is 4.03. The summed E-state index contributed by atoms with van der Waals surface area (Å²) in [5, 5.41) is 18.6. The standard InChI is InChI=1S/C16H26N2O2/c1-14(13-20)18(9-10-19)16-7-8-17(12-16)11-15-5-3-2-4-6-15/h2-6,14,16,19-20H,7-13H2,1H3/t14-,16+/m0/s1. The van der Waals surface area contributed by atoms with Crippen molar-refractivity contribution < 1.29 is 10.2 Å². The quantitative estimate of drug-likeness (QED) is 0.779. The van der Waals surface area contributed by atoms with E-state index in [4.69, 9.17) is 0 Å². The minimum Gasteiger partial charge on any atom is -0.395 e. The molecule has 20 heavy (non-hydrogen) atoms. The number of rotatable bonds is 7. The normalized spacial score (nSPS) is 21.5. The van der Waals surface area contributed by atoms with Crippen molar-refractivity contribution in [3.8, 4) is 0 Å². The van der Waals surface area contributed by atoms with Gasteiger partial charge in [-0.15, -0.1) is 0 Å². The highest BCUT2D eigenvalue weighted by Crippen LogP contribution is 2.19. The van der Waals surface area contributed by atoms with Crippen molar-refractivity contribution in [1.82, 2.24) is 9.80 Å². The van der Waals surface area contributed by atoms with E-state index in [2.05, 4.69) is 34.1 Å². The lowest BCUT2D eigenvalue weighted by molar-refractivity contribution is 0.0753. The van der Waals surface area contributed by atoms with Crippen molar-refractivity contribution in [3.63, 3.8) is 0 Å². The minimum absolute atomic E-state index is 0.115. The van der Waals surface area contributed by atoms with Crippen molar-refractivity contribution >= 4 is 0 Å². The van der Waals surface area contributed by atoms with Gasteiger partial charge in [-0.2, -0.15) is 0 Å². The van der Waals surface area contributed by atoms with E-state index in [1.54, 1.807) is 0 Å². The molecule has 4 nitrogen and oxygen atoms in total. The van der Waals surface area contributed by atoms with Crippen LogP contribution in [0.2, 0.25) is 0 Å². The molecular formula is C16H26N2O2. The van der Waals surface area contributed by atoms with Crippen LogP contribution < -0.4 is 0 Å². The monoisotopic (exact) mass is 278 g/mol. The van der Waals surface area contributed by atoms with Crippen LogP contribution in [-0.2, 0) is 6.54 Å². The lowest BCUT2D eigenvalue weighted by Crippen LogP contribution is -2.46. The fourth-order valence-electron chi connectivity index (χ4n) is 3.05. The van der Waals surface area contributed by atoms with E-state index in [0.717, 1.165) is 26.1 Å². The largest absolute Gasteiger partial charge is 0.395 e. The average molecular weight is 278 g/mol. The van der Waals surface area contributed by atoms with Crippen LogP contribution in [0.5, 0.6) is 0 Å². The molecule has 2 rings (SSSR count). The molecule has 4 heteroatoms. The van der Waals surface area contributed by atoms with Gasteiger partial charge in [0.05, 0.1) is 13.2 Å². The zero-order chi connectivity index (χ0) is 14.4. The van der Waals surface area contributed by atoms with Gasteiger partial charge in [0.2, 0.25) is 0 Å². The average Bonchev–Trinajstić information content (AvgIpc) is 2.93. The predicted molar refractivity (Wildman–Crippen MR) is 80.5 cm³/mol. The third-order valence-corrected chi connectivity index (χ3v) is 4.15. The zero-order valence-electron chi connectivity index (χ0n) is 12.3. The summed E-state index contributed by atoms with van der Waals surface area (Å²) in [7, 11) is 0. The Hall–Kier alpha value is -0.940. The molecule has 0 spiro atoms. The van der Waals surface area contributed by atoms with Gasteiger partial charge in [0.15, 0.2) is 0 Å². The molecule has 0 bridgehead atoms. The van der Waals surface area contributed by atoms with Crippen LogP contribution in [0, 0.1) is 0 Å². The third-order valence-electron chi connectivity index (χ3n) is 4.15. The first-order valence-corrected chi connectivity index (χ1v) is 7.48. The van der Waals surface area contributed by atoms with Gasteiger partial charge in [-0.1, -0.05) is 30.3 Å². The minimum atomic E-state index is 0.115. The molecule has 112 valence electrons. The number of aliphatic hydroxyl groups excluding tert-OH is 2. The molecule has 2 atom stereocenters. The summed E-state index contributed by atoms with van der Waals surface area (Å²) in [6, 6.07) is 11.1. The van der Waals surface area contributed by atoms with E-state index in [-0.39, 0.29) is 19.3 Å². The molecule has 0 aromatic heterocycles. The Morgan fingerprint density at radius 3 is 2.70 bits per heavy atom. The molecule has 0 amide bonds. The van der Waals surface area contributed by atoms with Crippen molar-refractivity contribution in [2.24, 2.45) is 0 Å². The van der Waals surface area contributed by atoms with Crippen molar-refractivity contribution in [2.75, 3.05) is 32.8 Å². The van der Waals surface area contributed by atoms with Crippen LogP contribution in [0.1, 0.15) is 18.9 Å². The van der Waals surface area contributed by atoms with Gasteiger partial charge in [0, 0.05) is 38.3 Å². The van der Waals surface area contributed by atoms with E-state index < -0.39 is 0 Å². The van der Waals surface area contributed by atoms with Crippen molar-refractivity contribution in [3.05, 3.63) is 35.9 Å². The maximum Gasteiger partial charge on any atom is 0.0584 e. The maximum absolute atomic E-state index is 9.36. The fraction of sp³-hybridized carbons (Fsp3) is 0.625. The topological polar surface area (TPSA) is 46.9 Å². The molecule has 1 fully saturated rings. The Kier molecular flexibility index (Phi) is 5.98. The summed E-state index contributed by atoms with van der Waals surface area (Å²) < 4.78 is 0. The Balaban J connectivity index is 1.90. The Morgan fingerprint density at radius 2 is 2.05 bits per heavy atom. The molecule has 2 N–H and O–H groups in total. The second kappa shape index (κ2) is 7.74. The van der Waals surface area contributed by atoms with Gasteiger partial charge in [-0.05, 0) is 18.9 Å². The lowest BCUT2D eigenvalue weighted by Gasteiger charge is -2.33. The number of hydrogen-bond acceptors (Lipinski definition) is 4. The van der Waals surface area contributed by atoms with E-state index >= 15 is 0 Å². The summed E-state index contributed by atoms with van der Waals surface area (Å²) in [5.74, 6) is 0. The first-order valence-electron chi connectivity index (χ1n) is 7.48. The number of nitrogens with zero attached hydrogens (tertiary/aromatic N) is 2.